The van der Waals surface area contributed by atoms with Crippen molar-refractivity contribution in [2.45, 2.75) is 19.4 Å². The van der Waals surface area contributed by atoms with Crippen LogP contribution in [0.2, 0.25) is 0 Å². The lowest BCUT2D eigenvalue weighted by Gasteiger charge is -2.29. The molecule has 0 radical (unpaired) electrons. The molecule has 2 nitrogen and oxygen atoms in total. The molecular weight excluding hydrogens is 236 g/mol. The summed E-state index contributed by atoms with van der Waals surface area (Å²) in [4.78, 5) is 0. The Balaban J connectivity index is 2.56. The van der Waals surface area contributed by atoms with Crippen molar-refractivity contribution in [2.24, 2.45) is 0 Å². The molecule has 0 aliphatic carbocycles. The Morgan fingerprint density at radius 3 is 2.05 bits per heavy atom. The first-order chi connectivity index (χ1) is 9.06. The first kappa shape index (κ1) is 13.8. The van der Waals surface area contributed by atoms with Crippen molar-refractivity contribution in [2.75, 3.05) is 13.7 Å². The van der Waals surface area contributed by atoms with Crippen LogP contribution in [0.5, 0.6) is 0 Å². The van der Waals surface area contributed by atoms with Gasteiger partial charge in [-0.05, 0) is 25.0 Å². The highest BCUT2D eigenvalue weighted by Gasteiger charge is 2.31. The van der Waals surface area contributed by atoms with E-state index < -0.39 is 5.60 Å². The number of methoxy groups -OCH3 is 1. The summed E-state index contributed by atoms with van der Waals surface area (Å²) in [6.45, 7) is 4.31. The van der Waals surface area contributed by atoms with Crippen molar-refractivity contribution in [3.05, 3.63) is 70.8 Å². The third-order valence-electron chi connectivity index (χ3n) is 3.30. The first-order valence-electron chi connectivity index (χ1n) is 6.42. The predicted octanol–water partition coefficient (Wildman–Crippen LogP) is 3.19. The van der Waals surface area contributed by atoms with E-state index in [4.69, 9.17) is 4.74 Å². The van der Waals surface area contributed by atoms with E-state index in [0.29, 0.717) is 0 Å². The quantitative estimate of drug-likeness (QED) is 0.910. The van der Waals surface area contributed by atoms with Gasteiger partial charge in [-0.1, -0.05) is 59.7 Å². The van der Waals surface area contributed by atoms with E-state index in [9.17, 15) is 5.11 Å². The van der Waals surface area contributed by atoms with Gasteiger partial charge in [0, 0.05) is 7.11 Å². The zero-order valence-electron chi connectivity index (χ0n) is 11.7. The highest BCUT2D eigenvalue weighted by molar-refractivity contribution is 5.40. The van der Waals surface area contributed by atoms with Gasteiger partial charge in [0.05, 0.1) is 6.61 Å². The van der Waals surface area contributed by atoms with Crippen LogP contribution in [0.25, 0.3) is 0 Å². The van der Waals surface area contributed by atoms with E-state index in [1.807, 2.05) is 56.3 Å². The number of hydrogen-bond donors (Lipinski definition) is 1. The van der Waals surface area contributed by atoms with Gasteiger partial charge in [0.15, 0.2) is 0 Å². The van der Waals surface area contributed by atoms with Gasteiger partial charge in [0.1, 0.15) is 5.60 Å². The predicted molar refractivity (Wildman–Crippen MR) is 77.2 cm³/mol. The molecule has 1 unspecified atom stereocenters. The van der Waals surface area contributed by atoms with Gasteiger partial charge in [0.2, 0.25) is 0 Å². The van der Waals surface area contributed by atoms with Crippen molar-refractivity contribution in [1.82, 2.24) is 0 Å². The molecule has 100 valence electrons. The summed E-state index contributed by atoms with van der Waals surface area (Å²) in [5.41, 5.74) is 2.90. The summed E-state index contributed by atoms with van der Waals surface area (Å²) >= 11 is 0. The first-order valence-corrected chi connectivity index (χ1v) is 6.42. The molecule has 0 spiro atoms. The maximum atomic E-state index is 11.1. The second kappa shape index (κ2) is 5.55. The molecule has 0 saturated heterocycles. The van der Waals surface area contributed by atoms with Crippen LogP contribution in [0.3, 0.4) is 0 Å². The van der Waals surface area contributed by atoms with Crippen LogP contribution >= 0.6 is 0 Å². The summed E-state index contributed by atoms with van der Waals surface area (Å²) in [5.74, 6) is 0. The average Bonchev–Trinajstić information content (AvgIpc) is 2.39. The summed E-state index contributed by atoms with van der Waals surface area (Å²) in [5, 5.41) is 11.1. The summed E-state index contributed by atoms with van der Waals surface area (Å²) in [7, 11) is 1.61. The van der Waals surface area contributed by atoms with Crippen LogP contribution in [0.4, 0.5) is 0 Å². The highest BCUT2D eigenvalue weighted by Crippen LogP contribution is 2.31. The molecule has 0 fully saturated rings. The standard InChI is InChI=1S/C17H20O2/c1-13-9-14(2)11-16(10-13)17(18,12-19-3)15-7-5-4-6-8-15/h4-11,18H,12H2,1-3H3. The molecule has 2 rings (SSSR count). The molecule has 0 bridgehead atoms. The number of benzene rings is 2. The van der Waals surface area contributed by atoms with Crippen molar-refractivity contribution in [1.29, 1.82) is 0 Å². The topological polar surface area (TPSA) is 29.5 Å². The summed E-state index contributed by atoms with van der Waals surface area (Å²) in [6, 6.07) is 15.8. The molecule has 0 aromatic heterocycles. The van der Waals surface area contributed by atoms with Gasteiger partial charge in [-0.25, -0.2) is 0 Å². The fraction of sp³-hybridized carbons (Fsp3) is 0.294. The number of rotatable bonds is 4. The molecule has 0 amide bonds. The minimum Gasteiger partial charge on any atom is -0.381 e. The van der Waals surface area contributed by atoms with Gasteiger partial charge >= 0.3 is 0 Å². The number of aliphatic hydroxyl groups is 1. The molecule has 0 aliphatic rings. The summed E-state index contributed by atoms with van der Waals surface area (Å²) < 4.78 is 5.25. The van der Waals surface area contributed by atoms with Gasteiger partial charge in [-0.3, -0.25) is 0 Å². The van der Waals surface area contributed by atoms with Gasteiger partial charge in [0.25, 0.3) is 0 Å². The average molecular weight is 256 g/mol. The number of aryl methyl sites for hydroxylation is 2. The van der Waals surface area contributed by atoms with Crippen LogP contribution in [-0.2, 0) is 10.3 Å². The lowest BCUT2D eigenvalue weighted by Crippen LogP contribution is -2.32. The molecule has 0 saturated carbocycles. The number of ether oxygens (including phenoxy) is 1. The molecular formula is C17H20O2. The van der Waals surface area contributed by atoms with E-state index in [1.165, 1.54) is 0 Å². The maximum Gasteiger partial charge on any atom is 0.138 e. The van der Waals surface area contributed by atoms with E-state index in [0.717, 1.165) is 22.3 Å². The molecule has 2 aromatic carbocycles. The number of hydrogen-bond acceptors (Lipinski definition) is 2. The van der Waals surface area contributed by atoms with Crippen molar-refractivity contribution >= 4 is 0 Å². The normalized spacial score (nSPS) is 14.1. The smallest absolute Gasteiger partial charge is 0.138 e. The third-order valence-corrected chi connectivity index (χ3v) is 3.30. The van der Waals surface area contributed by atoms with Gasteiger partial charge in [-0.2, -0.15) is 0 Å². The van der Waals surface area contributed by atoms with E-state index in [1.54, 1.807) is 7.11 Å². The Morgan fingerprint density at radius 2 is 1.53 bits per heavy atom. The molecule has 0 aliphatic heterocycles. The SMILES string of the molecule is COCC(O)(c1ccccc1)c1cc(C)cc(C)c1. The fourth-order valence-electron chi connectivity index (χ4n) is 2.47. The second-order valence-electron chi connectivity index (χ2n) is 5.04. The minimum atomic E-state index is -1.10. The fourth-order valence-corrected chi connectivity index (χ4v) is 2.47. The summed E-state index contributed by atoms with van der Waals surface area (Å²) in [6.07, 6.45) is 0. The van der Waals surface area contributed by atoms with E-state index >= 15 is 0 Å². The lowest BCUT2D eigenvalue weighted by molar-refractivity contribution is -0.00335. The van der Waals surface area contributed by atoms with E-state index in [2.05, 4.69) is 6.07 Å². The zero-order chi connectivity index (χ0) is 13.9. The van der Waals surface area contributed by atoms with Crippen LogP contribution in [0.15, 0.2) is 48.5 Å². The van der Waals surface area contributed by atoms with Crippen LogP contribution in [0.1, 0.15) is 22.3 Å². The molecule has 1 atom stereocenters. The highest BCUT2D eigenvalue weighted by atomic mass is 16.5. The van der Waals surface area contributed by atoms with Gasteiger partial charge in [-0.15, -0.1) is 0 Å². The lowest BCUT2D eigenvalue weighted by atomic mass is 9.85. The van der Waals surface area contributed by atoms with Gasteiger partial charge < -0.3 is 9.84 Å². The minimum absolute atomic E-state index is 0.236. The Hall–Kier alpha value is -1.64. The monoisotopic (exact) mass is 256 g/mol. The molecule has 0 heterocycles. The molecule has 1 N–H and O–H groups in total. The Morgan fingerprint density at radius 1 is 0.947 bits per heavy atom. The molecule has 19 heavy (non-hydrogen) atoms. The largest absolute Gasteiger partial charge is 0.381 e. The maximum absolute atomic E-state index is 11.1. The van der Waals surface area contributed by atoms with Crippen molar-refractivity contribution < 1.29 is 9.84 Å². The van der Waals surface area contributed by atoms with Crippen LogP contribution in [-0.4, -0.2) is 18.8 Å². The van der Waals surface area contributed by atoms with Crippen molar-refractivity contribution in [3.63, 3.8) is 0 Å². The Labute approximate surface area is 114 Å². The third kappa shape index (κ3) is 2.86. The Bertz CT molecular complexity index is 528. The van der Waals surface area contributed by atoms with E-state index in [-0.39, 0.29) is 6.61 Å². The second-order valence-corrected chi connectivity index (χ2v) is 5.04. The van der Waals surface area contributed by atoms with Crippen molar-refractivity contribution in [3.8, 4) is 0 Å². The van der Waals surface area contributed by atoms with Crippen LogP contribution < -0.4 is 0 Å². The molecule has 2 heteroatoms. The Kier molecular flexibility index (Phi) is 4.03. The zero-order valence-corrected chi connectivity index (χ0v) is 11.7. The van der Waals surface area contributed by atoms with Crippen LogP contribution in [0, 0.1) is 13.8 Å². The molecule has 2 aromatic rings.